The Morgan fingerprint density at radius 3 is 2.59 bits per heavy atom. The van der Waals surface area contributed by atoms with E-state index in [9.17, 15) is 18.0 Å². The van der Waals surface area contributed by atoms with Crippen molar-refractivity contribution in [1.82, 2.24) is 15.0 Å². The highest BCUT2D eigenvalue weighted by Crippen LogP contribution is 2.25. The lowest BCUT2D eigenvalue weighted by molar-refractivity contribution is -0.154. The smallest absolute Gasteiger partial charge is 0.422 e. The number of nitrogens with zero attached hydrogens (tertiary/aromatic N) is 3. The predicted molar refractivity (Wildman–Crippen MR) is 93.8 cm³/mol. The van der Waals surface area contributed by atoms with Gasteiger partial charge in [-0.15, -0.1) is 0 Å². The van der Waals surface area contributed by atoms with E-state index in [-0.39, 0.29) is 41.0 Å². The summed E-state index contributed by atoms with van der Waals surface area (Å²) < 4.78 is 41.1. The third kappa shape index (κ3) is 6.55. The van der Waals surface area contributed by atoms with E-state index in [0.717, 1.165) is 0 Å². The zero-order valence-electron chi connectivity index (χ0n) is 14.5. The Bertz CT molecular complexity index is 787. The Morgan fingerprint density at radius 1 is 1.26 bits per heavy atom. The summed E-state index contributed by atoms with van der Waals surface area (Å²) in [7, 11) is 0. The Labute approximate surface area is 158 Å². The molecule has 1 atom stereocenters. The number of anilines is 2. The van der Waals surface area contributed by atoms with E-state index >= 15 is 0 Å². The van der Waals surface area contributed by atoms with Gasteiger partial charge in [-0.25, -0.2) is 15.0 Å². The fraction of sp³-hybridized carbons (Fsp3) is 0.375. The molecule has 2 rings (SSSR count). The number of pyridine rings is 1. The molecule has 7 nitrogen and oxygen atoms in total. The van der Waals surface area contributed by atoms with Gasteiger partial charge < -0.3 is 15.4 Å². The summed E-state index contributed by atoms with van der Waals surface area (Å²) in [5, 5.41) is 5.78. The average molecular weight is 404 g/mol. The zero-order valence-corrected chi connectivity index (χ0v) is 15.2. The zero-order chi connectivity index (χ0) is 20.0. The number of amides is 1. The minimum absolute atomic E-state index is 0.133. The molecule has 0 saturated heterocycles. The van der Waals surface area contributed by atoms with E-state index < -0.39 is 12.8 Å². The van der Waals surface area contributed by atoms with E-state index in [0.29, 0.717) is 5.56 Å². The number of aromatic nitrogens is 3. The summed E-state index contributed by atoms with van der Waals surface area (Å²) in [5.74, 6) is 0.0993. The van der Waals surface area contributed by atoms with E-state index in [4.69, 9.17) is 11.6 Å². The van der Waals surface area contributed by atoms with Crippen LogP contribution in [0.4, 0.5) is 24.8 Å². The van der Waals surface area contributed by atoms with Crippen LogP contribution in [0, 0.1) is 0 Å². The van der Waals surface area contributed by atoms with Crippen LogP contribution < -0.4 is 15.4 Å². The molecule has 0 radical (unpaired) electrons. The van der Waals surface area contributed by atoms with Crippen LogP contribution in [-0.2, 0) is 4.79 Å². The normalized spacial score (nSPS) is 12.4. The second-order valence-electron chi connectivity index (χ2n) is 5.49. The van der Waals surface area contributed by atoms with Crippen LogP contribution in [0.25, 0.3) is 0 Å². The summed E-state index contributed by atoms with van der Waals surface area (Å²) in [5.41, 5.74) is 0.656. The van der Waals surface area contributed by atoms with Gasteiger partial charge >= 0.3 is 6.18 Å². The molecule has 2 aromatic heterocycles. The number of rotatable bonds is 7. The highest BCUT2D eigenvalue weighted by atomic mass is 35.5. The van der Waals surface area contributed by atoms with Gasteiger partial charge in [0.15, 0.2) is 18.2 Å². The SMILES string of the molecule is CCC(=O)Nc1ncc(Cl)nc1NC(C)c1ccc(OCC(F)(F)F)nc1. The molecule has 2 aromatic rings. The highest BCUT2D eigenvalue weighted by molar-refractivity contribution is 6.29. The number of nitrogens with one attached hydrogen (secondary N) is 2. The molecule has 2 N–H and O–H groups in total. The van der Waals surface area contributed by atoms with Crippen molar-refractivity contribution in [3.63, 3.8) is 0 Å². The fourth-order valence-corrected chi connectivity index (χ4v) is 2.09. The van der Waals surface area contributed by atoms with Gasteiger partial charge in [0.25, 0.3) is 0 Å². The first-order valence-electron chi connectivity index (χ1n) is 7.92. The van der Waals surface area contributed by atoms with Crippen LogP contribution in [0.5, 0.6) is 5.88 Å². The lowest BCUT2D eigenvalue weighted by atomic mass is 10.1. The third-order valence-corrected chi connectivity index (χ3v) is 3.50. The van der Waals surface area contributed by atoms with Crippen molar-refractivity contribution in [1.29, 1.82) is 0 Å². The molecule has 0 fully saturated rings. The van der Waals surface area contributed by atoms with Crippen LogP contribution in [0.15, 0.2) is 24.5 Å². The lowest BCUT2D eigenvalue weighted by Crippen LogP contribution is -2.19. The molecular weight excluding hydrogens is 387 g/mol. The van der Waals surface area contributed by atoms with Crippen molar-refractivity contribution in [3.05, 3.63) is 35.2 Å². The van der Waals surface area contributed by atoms with E-state index in [1.807, 2.05) is 0 Å². The Kier molecular flexibility index (Phi) is 6.78. The van der Waals surface area contributed by atoms with Crippen LogP contribution in [0.1, 0.15) is 31.9 Å². The lowest BCUT2D eigenvalue weighted by Gasteiger charge is -2.17. The number of hydrogen-bond acceptors (Lipinski definition) is 6. The van der Waals surface area contributed by atoms with Crippen LogP contribution in [-0.4, -0.2) is 33.6 Å². The molecule has 0 aromatic carbocycles. The Balaban J connectivity index is 2.09. The summed E-state index contributed by atoms with van der Waals surface area (Å²) in [6.07, 6.45) is -1.48. The van der Waals surface area contributed by atoms with Crippen molar-refractivity contribution in [2.24, 2.45) is 0 Å². The summed E-state index contributed by atoms with van der Waals surface area (Å²) in [6.45, 7) is 2.06. The number of carbonyl (C=O) groups is 1. The molecule has 11 heteroatoms. The van der Waals surface area contributed by atoms with Gasteiger partial charge in [0, 0.05) is 18.7 Å². The molecular formula is C16H17ClF3N5O2. The molecule has 0 bridgehead atoms. The second kappa shape index (κ2) is 8.85. The van der Waals surface area contributed by atoms with Crippen molar-refractivity contribution in [2.75, 3.05) is 17.2 Å². The largest absolute Gasteiger partial charge is 0.468 e. The minimum Gasteiger partial charge on any atom is -0.468 e. The molecule has 1 unspecified atom stereocenters. The maximum Gasteiger partial charge on any atom is 0.422 e. The van der Waals surface area contributed by atoms with Gasteiger partial charge in [-0.05, 0) is 12.5 Å². The number of hydrogen-bond donors (Lipinski definition) is 2. The minimum atomic E-state index is -4.43. The number of carbonyl (C=O) groups excluding carboxylic acids is 1. The van der Waals surface area contributed by atoms with Crippen LogP contribution >= 0.6 is 11.6 Å². The van der Waals surface area contributed by atoms with Gasteiger partial charge in [0.05, 0.1) is 12.2 Å². The summed E-state index contributed by atoms with van der Waals surface area (Å²) in [4.78, 5) is 23.6. The third-order valence-electron chi connectivity index (χ3n) is 3.32. The predicted octanol–water partition coefficient (Wildman–Crippen LogP) is 3.99. The molecule has 0 aliphatic heterocycles. The molecule has 27 heavy (non-hydrogen) atoms. The quantitative estimate of drug-likeness (QED) is 0.726. The fourth-order valence-electron chi connectivity index (χ4n) is 1.96. The molecule has 0 aliphatic rings. The molecule has 0 aliphatic carbocycles. The maximum atomic E-state index is 12.2. The van der Waals surface area contributed by atoms with E-state index in [1.54, 1.807) is 19.9 Å². The number of ether oxygens (including phenoxy) is 1. The van der Waals surface area contributed by atoms with Crippen molar-refractivity contribution in [3.8, 4) is 5.88 Å². The van der Waals surface area contributed by atoms with Gasteiger partial charge in [-0.3, -0.25) is 4.79 Å². The Morgan fingerprint density at radius 2 is 2.00 bits per heavy atom. The molecule has 1 amide bonds. The van der Waals surface area contributed by atoms with Crippen molar-refractivity contribution in [2.45, 2.75) is 32.5 Å². The highest BCUT2D eigenvalue weighted by Gasteiger charge is 2.28. The first kappa shape index (κ1) is 20.7. The number of halogens is 4. The van der Waals surface area contributed by atoms with Crippen LogP contribution in [0.3, 0.4) is 0 Å². The monoisotopic (exact) mass is 403 g/mol. The first-order valence-corrected chi connectivity index (χ1v) is 8.30. The first-order chi connectivity index (χ1) is 12.7. The van der Waals surface area contributed by atoms with Gasteiger partial charge in [-0.2, -0.15) is 13.2 Å². The van der Waals surface area contributed by atoms with Gasteiger partial charge in [-0.1, -0.05) is 24.6 Å². The van der Waals surface area contributed by atoms with Gasteiger partial charge in [0.1, 0.15) is 5.15 Å². The standard InChI is InChI=1S/C16H17ClF3N5O2/c1-3-12(26)25-14-15(24-11(17)7-22-14)23-9(2)10-4-5-13(21-6-10)27-8-16(18,19)20/h4-7,9H,3,8H2,1-2H3,(H,23,24)(H,22,25,26). The maximum absolute atomic E-state index is 12.2. The van der Waals surface area contributed by atoms with E-state index in [2.05, 4.69) is 30.3 Å². The average Bonchev–Trinajstić information content (AvgIpc) is 2.62. The number of alkyl halides is 3. The van der Waals surface area contributed by atoms with Gasteiger partial charge in [0.2, 0.25) is 11.8 Å². The second-order valence-corrected chi connectivity index (χ2v) is 5.88. The molecule has 0 saturated carbocycles. The van der Waals surface area contributed by atoms with Crippen LogP contribution in [0.2, 0.25) is 5.15 Å². The van der Waals surface area contributed by atoms with E-state index in [1.165, 1.54) is 18.5 Å². The topological polar surface area (TPSA) is 89.0 Å². The summed E-state index contributed by atoms with van der Waals surface area (Å²) >= 11 is 5.86. The summed E-state index contributed by atoms with van der Waals surface area (Å²) in [6, 6.07) is 2.56. The van der Waals surface area contributed by atoms with Crippen molar-refractivity contribution < 1.29 is 22.7 Å². The molecule has 146 valence electrons. The van der Waals surface area contributed by atoms with Crippen molar-refractivity contribution >= 4 is 29.1 Å². The molecule has 0 spiro atoms. The Hall–Kier alpha value is -2.62. The molecule has 2 heterocycles.